The minimum absolute atomic E-state index is 0.101. The molecule has 0 bridgehead atoms. The van der Waals surface area contributed by atoms with Crippen molar-refractivity contribution >= 4 is 28.7 Å². The Balaban J connectivity index is 1.44. The fourth-order valence-electron chi connectivity index (χ4n) is 6.03. The lowest BCUT2D eigenvalue weighted by Crippen LogP contribution is -2.49. The number of hydrogen-bond donors (Lipinski definition) is 2. The van der Waals surface area contributed by atoms with Crippen molar-refractivity contribution in [2.45, 2.75) is 64.0 Å². The molecule has 5 unspecified atom stereocenters. The quantitative estimate of drug-likeness (QED) is 0.558. The molecule has 2 heterocycles. The van der Waals surface area contributed by atoms with Crippen molar-refractivity contribution < 1.29 is 29.0 Å². The lowest BCUT2D eigenvalue weighted by molar-refractivity contribution is -0.145. The zero-order valence-corrected chi connectivity index (χ0v) is 22.8. The molecule has 0 saturated heterocycles. The van der Waals surface area contributed by atoms with Crippen LogP contribution in [-0.2, 0) is 14.4 Å². The van der Waals surface area contributed by atoms with E-state index in [4.69, 9.17) is 9.47 Å². The van der Waals surface area contributed by atoms with E-state index in [0.29, 0.717) is 44.0 Å². The second-order valence-electron chi connectivity index (χ2n) is 11.0. The number of benzene rings is 1. The summed E-state index contributed by atoms with van der Waals surface area (Å²) in [6, 6.07) is 7.62. The summed E-state index contributed by atoms with van der Waals surface area (Å²) in [6.45, 7) is 4.94. The highest BCUT2D eigenvalue weighted by atomic mass is 16.5. The molecule has 2 amide bonds. The number of carboxylic acids is 1. The number of aryl methyl sites for hydroxylation is 1. The topological polar surface area (TPSA) is 118 Å². The maximum absolute atomic E-state index is 13.6. The first-order valence-corrected chi connectivity index (χ1v) is 13.9. The number of carbonyl (C=O) groups excluding carboxylic acids is 2. The van der Waals surface area contributed by atoms with Crippen molar-refractivity contribution in [3.8, 4) is 11.6 Å². The summed E-state index contributed by atoms with van der Waals surface area (Å²) in [4.78, 5) is 45.7. The van der Waals surface area contributed by atoms with Gasteiger partial charge in [-0.1, -0.05) is 24.3 Å². The Morgan fingerprint density at radius 3 is 2.79 bits per heavy atom. The Hall–Kier alpha value is -3.62. The van der Waals surface area contributed by atoms with Gasteiger partial charge in [-0.2, -0.15) is 0 Å². The summed E-state index contributed by atoms with van der Waals surface area (Å²) in [5.41, 5.74) is 0.461. The second-order valence-corrected chi connectivity index (χ2v) is 11.0. The number of para-hydroxylation sites is 1. The number of nitrogens with zero attached hydrogens (tertiary/aromatic N) is 2. The molecule has 208 valence electrons. The number of aliphatic carboxylic acids is 1. The summed E-state index contributed by atoms with van der Waals surface area (Å²) >= 11 is 0. The molecular weight excluding hydrogens is 498 g/mol. The van der Waals surface area contributed by atoms with Crippen LogP contribution < -0.4 is 14.8 Å². The number of pyridine rings is 1. The molecule has 2 fully saturated rings. The van der Waals surface area contributed by atoms with Gasteiger partial charge >= 0.3 is 5.97 Å². The number of hydrogen-bond acceptors (Lipinski definition) is 6. The van der Waals surface area contributed by atoms with Crippen LogP contribution in [0.15, 0.2) is 36.4 Å². The predicted octanol–water partition coefficient (Wildman–Crippen LogP) is 3.87. The van der Waals surface area contributed by atoms with Crippen molar-refractivity contribution in [1.82, 2.24) is 15.2 Å². The highest BCUT2D eigenvalue weighted by Gasteiger charge is 2.61. The number of amides is 2. The number of fused-ring (bicyclic) bond motifs is 3. The highest BCUT2D eigenvalue weighted by molar-refractivity contribution is 5.94. The maximum Gasteiger partial charge on any atom is 0.330 e. The summed E-state index contributed by atoms with van der Waals surface area (Å²) in [7, 11) is 1.77. The van der Waals surface area contributed by atoms with E-state index in [2.05, 4.69) is 10.3 Å². The minimum atomic E-state index is -1.30. The third-order valence-corrected chi connectivity index (χ3v) is 8.34. The molecule has 5 rings (SSSR count). The molecule has 5 atom stereocenters. The van der Waals surface area contributed by atoms with Crippen LogP contribution in [0.5, 0.6) is 11.6 Å². The van der Waals surface area contributed by atoms with Gasteiger partial charge in [-0.05, 0) is 64.0 Å². The number of carboxylic acid groups (broad SMARTS) is 1. The van der Waals surface area contributed by atoms with Crippen LogP contribution in [0.2, 0.25) is 0 Å². The zero-order chi connectivity index (χ0) is 27.7. The SMILES string of the molecule is CCOc1cc(OC2CC3C(=O)NC4(C(=O)O)CC4/C=C\CCCCN(C)C(=O)C3C2)c2cccc(C)c2n1. The van der Waals surface area contributed by atoms with Crippen LogP contribution in [0, 0.1) is 24.7 Å². The van der Waals surface area contributed by atoms with Gasteiger partial charge in [-0.3, -0.25) is 9.59 Å². The van der Waals surface area contributed by atoms with Crippen molar-refractivity contribution in [3.05, 3.63) is 42.0 Å². The van der Waals surface area contributed by atoms with E-state index >= 15 is 0 Å². The normalized spacial score (nSPS) is 30.1. The van der Waals surface area contributed by atoms with E-state index in [0.717, 1.165) is 35.7 Å². The Kier molecular flexibility index (Phi) is 7.51. The first-order valence-electron chi connectivity index (χ1n) is 13.9. The Morgan fingerprint density at radius 2 is 2.03 bits per heavy atom. The maximum atomic E-state index is 13.6. The Bertz CT molecular complexity index is 1310. The van der Waals surface area contributed by atoms with Gasteiger partial charge < -0.3 is 24.8 Å². The lowest BCUT2D eigenvalue weighted by atomic mass is 9.93. The van der Waals surface area contributed by atoms with Gasteiger partial charge in [-0.25, -0.2) is 9.78 Å². The third-order valence-electron chi connectivity index (χ3n) is 8.34. The van der Waals surface area contributed by atoms with Crippen LogP contribution >= 0.6 is 0 Å². The molecule has 3 aliphatic rings. The monoisotopic (exact) mass is 535 g/mol. The average molecular weight is 536 g/mol. The zero-order valence-electron chi connectivity index (χ0n) is 22.8. The van der Waals surface area contributed by atoms with Gasteiger partial charge in [0.15, 0.2) is 0 Å². The van der Waals surface area contributed by atoms with Crippen molar-refractivity contribution in [2.24, 2.45) is 17.8 Å². The summed E-state index contributed by atoms with van der Waals surface area (Å²) in [6.07, 6.45) is 7.10. The largest absolute Gasteiger partial charge is 0.489 e. The van der Waals surface area contributed by atoms with E-state index in [1.165, 1.54) is 0 Å². The third kappa shape index (κ3) is 5.31. The van der Waals surface area contributed by atoms with E-state index in [9.17, 15) is 19.5 Å². The average Bonchev–Trinajstić information content (AvgIpc) is 3.44. The first-order chi connectivity index (χ1) is 18.7. The number of nitrogens with one attached hydrogen (secondary N) is 1. The van der Waals surface area contributed by atoms with Gasteiger partial charge in [0.2, 0.25) is 17.7 Å². The fraction of sp³-hybridized carbons (Fsp3) is 0.533. The molecule has 1 aromatic heterocycles. The molecule has 1 aliphatic heterocycles. The molecule has 2 N–H and O–H groups in total. The number of aromatic nitrogens is 1. The smallest absolute Gasteiger partial charge is 0.330 e. The minimum Gasteiger partial charge on any atom is -0.489 e. The van der Waals surface area contributed by atoms with E-state index in [1.807, 2.05) is 44.2 Å². The van der Waals surface area contributed by atoms with E-state index in [1.54, 1.807) is 18.0 Å². The van der Waals surface area contributed by atoms with Gasteiger partial charge in [0.05, 0.1) is 24.0 Å². The van der Waals surface area contributed by atoms with Crippen molar-refractivity contribution in [3.63, 3.8) is 0 Å². The van der Waals surface area contributed by atoms with Gasteiger partial charge in [0.25, 0.3) is 0 Å². The Morgan fingerprint density at radius 1 is 1.23 bits per heavy atom. The van der Waals surface area contributed by atoms with Crippen molar-refractivity contribution in [2.75, 3.05) is 20.2 Å². The summed E-state index contributed by atoms with van der Waals surface area (Å²) in [5.74, 6) is -2.00. The summed E-state index contributed by atoms with van der Waals surface area (Å²) < 4.78 is 12.2. The number of carbonyl (C=O) groups is 3. The molecule has 2 saturated carbocycles. The fourth-order valence-corrected chi connectivity index (χ4v) is 6.03. The predicted molar refractivity (Wildman–Crippen MR) is 146 cm³/mol. The van der Waals surface area contributed by atoms with Crippen LogP contribution in [0.4, 0.5) is 0 Å². The molecule has 2 aliphatic carbocycles. The molecule has 39 heavy (non-hydrogen) atoms. The number of rotatable bonds is 5. The first kappa shape index (κ1) is 27.0. The van der Waals surface area contributed by atoms with Crippen molar-refractivity contribution in [1.29, 1.82) is 0 Å². The molecule has 9 heteroatoms. The van der Waals surface area contributed by atoms with Gasteiger partial charge in [-0.15, -0.1) is 0 Å². The standard InChI is InChI=1S/C30H37N3O6/c1-4-38-25-16-24(21-12-9-10-18(2)26(21)31-25)39-20-14-22-23(15-20)28(35)33(3)13-8-6-5-7-11-19-17-30(19,29(36)37)32-27(22)34/h7,9-12,16,19-20,22-23H,4-6,8,13-15,17H2,1-3H3,(H,32,34)(H,36,37)/b11-7-. The van der Waals surface area contributed by atoms with Crippen LogP contribution in [-0.4, -0.2) is 64.6 Å². The molecule has 2 aromatic rings. The molecule has 9 nitrogen and oxygen atoms in total. The highest BCUT2D eigenvalue weighted by Crippen LogP contribution is 2.46. The summed E-state index contributed by atoms with van der Waals surface area (Å²) in [5, 5.41) is 13.6. The lowest BCUT2D eigenvalue weighted by Gasteiger charge is -2.26. The molecular formula is C30H37N3O6. The molecule has 0 radical (unpaired) electrons. The van der Waals surface area contributed by atoms with Gasteiger partial charge in [0, 0.05) is 31.0 Å². The number of ether oxygens (including phenoxy) is 2. The van der Waals surface area contributed by atoms with E-state index in [-0.39, 0.29) is 11.8 Å². The molecule has 1 aromatic carbocycles. The van der Waals surface area contributed by atoms with Crippen LogP contribution in [0.25, 0.3) is 10.9 Å². The molecule has 0 spiro atoms. The Labute approximate surface area is 228 Å². The number of allylic oxidation sites excluding steroid dienone is 1. The van der Waals surface area contributed by atoms with Crippen LogP contribution in [0.1, 0.15) is 51.0 Å². The second kappa shape index (κ2) is 10.9. The van der Waals surface area contributed by atoms with E-state index < -0.39 is 35.4 Å². The van der Waals surface area contributed by atoms with Gasteiger partial charge in [0.1, 0.15) is 17.4 Å². The van der Waals surface area contributed by atoms with Crippen LogP contribution in [0.3, 0.4) is 0 Å².